The van der Waals surface area contributed by atoms with Gasteiger partial charge in [0.1, 0.15) is 0 Å². The Hall–Kier alpha value is -0.0900. The fraction of sp³-hybridized carbons (Fsp3) is 0.647. The summed E-state index contributed by atoms with van der Waals surface area (Å²) in [4.78, 5) is 2.60. The highest BCUT2D eigenvalue weighted by Crippen LogP contribution is 2.31. The van der Waals surface area contributed by atoms with Crippen LogP contribution in [0.15, 0.2) is 22.7 Å². The van der Waals surface area contributed by atoms with Crippen LogP contribution in [0.5, 0.6) is 0 Å². The van der Waals surface area contributed by atoms with Crippen molar-refractivity contribution in [3.63, 3.8) is 0 Å². The summed E-state index contributed by atoms with van der Waals surface area (Å²) in [5.41, 5.74) is 1.22. The van der Waals surface area contributed by atoms with Crippen LogP contribution in [-0.4, -0.2) is 30.6 Å². The van der Waals surface area contributed by atoms with E-state index in [4.69, 9.17) is 11.6 Å². The third kappa shape index (κ3) is 5.24. The maximum atomic E-state index is 6.44. The zero-order valence-electron chi connectivity index (χ0n) is 13.0. The Labute approximate surface area is 142 Å². The molecule has 2 rings (SSSR count). The first-order valence-corrected chi connectivity index (χ1v) is 9.25. The predicted molar refractivity (Wildman–Crippen MR) is 95.1 cm³/mol. The fourth-order valence-corrected chi connectivity index (χ4v) is 3.61. The Morgan fingerprint density at radius 1 is 1.38 bits per heavy atom. The summed E-state index contributed by atoms with van der Waals surface area (Å²) >= 11 is 9.93. The highest BCUT2D eigenvalue weighted by Gasteiger charge is 2.28. The molecule has 4 heteroatoms. The first-order valence-electron chi connectivity index (χ1n) is 8.08. The van der Waals surface area contributed by atoms with E-state index in [-0.39, 0.29) is 0 Å². The van der Waals surface area contributed by atoms with Crippen LogP contribution >= 0.6 is 27.5 Å². The smallest absolute Gasteiger partial charge is 0.0465 e. The van der Waals surface area contributed by atoms with Crippen molar-refractivity contribution in [2.75, 3.05) is 19.6 Å². The van der Waals surface area contributed by atoms with Crippen molar-refractivity contribution < 1.29 is 0 Å². The van der Waals surface area contributed by atoms with Gasteiger partial charge in [0.15, 0.2) is 0 Å². The number of benzene rings is 1. The first kappa shape index (κ1) is 17.3. The van der Waals surface area contributed by atoms with E-state index >= 15 is 0 Å². The zero-order valence-corrected chi connectivity index (χ0v) is 15.4. The molecule has 0 aromatic heterocycles. The molecule has 118 valence electrons. The van der Waals surface area contributed by atoms with Crippen molar-refractivity contribution in [3.8, 4) is 0 Å². The van der Waals surface area contributed by atoms with Gasteiger partial charge in [0.2, 0.25) is 0 Å². The number of nitrogens with one attached hydrogen (secondary N) is 1. The number of nitrogens with zero attached hydrogens (tertiary/aromatic N) is 1. The zero-order chi connectivity index (χ0) is 15.2. The second-order valence-corrected chi connectivity index (χ2v) is 7.14. The van der Waals surface area contributed by atoms with Gasteiger partial charge >= 0.3 is 0 Å². The number of halogens is 2. The predicted octanol–water partition coefficient (Wildman–Crippen LogP) is 5.02. The minimum absolute atomic E-state index is 0.346. The summed E-state index contributed by atoms with van der Waals surface area (Å²) < 4.78 is 1.04. The van der Waals surface area contributed by atoms with Gasteiger partial charge in [-0.05, 0) is 56.5 Å². The normalized spacial score (nSPS) is 16.4. The summed E-state index contributed by atoms with van der Waals surface area (Å²) in [6.45, 7) is 7.80. The van der Waals surface area contributed by atoms with Gasteiger partial charge in [-0.1, -0.05) is 47.4 Å². The molecule has 1 fully saturated rings. The standard InChI is InChI=1S/C17H26BrClN2/c1-3-10-20-17(9-11-21(4-2)14-6-7-14)15-8-5-13(18)12-16(15)19/h5,8,12,14,17,20H,3-4,6-7,9-11H2,1-2H3. The lowest BCUT2D eigenvalue weighted by atomic mass is 10.0. The first-order chi connectivity index (χ1) is 10.2. The minimum atomic E-state index is 0.346. The van der Waals surface area contributed by atoms with E-state index in [1.54, 1.807) is 0 Å². The summed E-state index contributed by atoms with van der Waals surface area (Å²) in [6.07, 6.45) is 5.01. The Morgan fingerprint density at radius 2 is 2.14 bits per heavy atom. The SMILES string of the molecule is CCCNC(CCN(CC)C1CC1)c1ccc(Br)cc1Cl. The molecule has 0 saturated heterocycles. The molecule has 2 nitrogen and oxygen atoms in total. The molecule has 1 atom stereocenters. The van der Waals surface area contributed by atoms with Gasteiger partial charge in [0, 0.05) is 28.1 Å². The van der Waals surface area contributed by atoms with E-state index in [0.717, 1.165) is 48.0 Å². The van der Waals surface area contributed by atoms with Crippen molar-refractivity contribution in [2.24, 2.45) is 0 Å². The second-order valence-electron chi connectivity index (χ2n) is 5.82. The Morgan fingerprint density at radius 3 is 2.71 bits per heavy atom. The lowest BCUT2D eigenvalue weighted by molar-refractivity contribution is 0.259. The maximum Gasteiger partial charge on any atom is 0.0465 e. The monoisotopic (exact) mass is 372 g/mol. The molecule has 1 saturated carbocycles. The van der Waals surface area contributed by atoms with Crippen LogP contribution in [0.25, 0.3) is 0 Å². The van der Waals surface area contributed by atoms with Crippen molar-refractivity contribution in [3.05, 3.63) is 33.3 Å². The Bertz CT molecular complexity index is 448. The molecule has 0 amide bonds. The van der Waals surface area contributed by atoms with Crippen molar-refractivity contribution in [1.82, 2.24) is 10.2 Å². The van der Waals surface area contributed by atoms with Crippen molar-refractivity contribution >= 4 is 27.5 Å². The van der Waals surface area contributed by atoms with Crippen LogP contribution in [0.1, 0.15) is 51.1 Å². The molecule has 0 radical (unpaired) electrons. The third-order valence-corrected chi connectivity index (χ3v) is 4.97. The van der Waals surface area contributed by atoms with E-state index in [1.165, 1.54) is 18.4 Å². The van der Waals surface area contributed by atoms with Crippen LogP contribution in [0.4, 0.5) is 0 Å². The molecular weight excluding hydrogens is 348 g/mol. The van der Waals surface area contributed by atoms with Gasteiger partial charge in [-0.2, -0.15) is 0 Å². The van der Waals surface area contributed by atoms with Crippen LogP contribution in [0.2, 0.25) is 5.02 Å². The average molecular weight is 374 g/mol. The summed E-state index contributed by atoms with van der Waals surface area (Å²) in [5.74, 6) is 0. The maximum absolute atomic E-state index is 6.44. The number of rotatable bonds is 9. The molecule has 1 aromatic carbocycles. The third-order valence-electron chi connectivity index (χ3n) is 4.15. The molecule has 0 bridgehead atoms. The van der Waals surface area contributed by atoms with E-state index in [9.17, 15) is 0 Å². The van der Waals surface area contributed by atoms with Crippen LogP contribution < -0.4 is 5.32 Å². The molecule has 21 heavy (non-hydrogen) atoms. The van der Waals surface area contributed by atoms with Gasteiger partial charge in [0.05, 0.1) is 0 Å². The highest BCUT2D eigenvalue weighted by molar-refractivity contribution is 9.10. The molecule has 0 aliphatic heterocycles. The van der Waals surface area contributed by atoms with Crippen molar-refractivity contribution in [2.45, 2.75) is 51.6 Å². The fourth-order valence-electron chi connectivity index (χ4n) is 2.80. The minimum Gasteiger partial charge on any atom is -0.310 e. The lowest BCUT2D eigenvalue weighted by Crippen LogP contribution is -2.31. The van der Waals surface area contributed by atoms with E-state index < -0.39 is 0 Å². The van der Waals surface area contributed by atoms with Gasteiger partial charge in [-0.3, -0.25) is 0 Å². The van der Waals surface area contributed by atoms with Crippen LogP contribution in [0.3, 0.4) is 0 Å². The van der Waals surface area contributed by atoms with Gasteiger partial charge < -0.3 is 10.2 Å². The largest absolute Gasteiger partial charge is 0.310 e. The molecule has 1 unspecified atom stereocenters. The van der Waals surface area contributed by atoms with Crippen LogP contribution in [0, 0.1) is 0 Å². The molecule has 1 aliphatic rings. The molecule has 1 N–H and O–H groups in total. The molecular formula is C17H26BrClN2. The van der Waals surface area contributed by atoms with Crippen LogP contribution in [-0.2, 0) is 0 Å². The van der Waals surface area contributed by atoms with Gasteiger partial charge in [-0.15, -0.1) is 0 Å². The molecule has 0 spiro atoms. The number of hydrogen-bond donors (Lipinski definition) is 1. The summed E-state index contributed by atoms with van der Waals surface area (Å²) in [6, 6.07) is 7.41. The second kappa shape index (κ2) is 8.52. The van der Waals surface area contributed by atoms with Crippen molar-refractivity contribution in [1.29, 1.82) is 0 Å². The van der Waals surface area contributed by atoms with E-state index in [0.29, 0.717) is 6.04 Å². The molecule has 1 aliphatic carbocycles. The van der Waals surface area contributed by atoms with E-state index in [2.05, 4.69) is 52.1 Å². The summed E-state index contributed by atoms with van der Waals surface area (Å²) in [5, 5.41) is 4.51. The van der Waals surface area contributed by atoms with E-state index in [1.807, 2.05) is 6.07 Å². The lowest BCUT2D eigenvalue weighted by Gasteiger charge is -2.25. The Kier molecular flexibility index (Phi) is 7.00. The Balaban J connectivity index is 2.02. The van der Waals surface area contributed by atoms with Gasteiger partial charge in [0.25, 0.3) is 0 Å². The highest BCUT2D eigenvalue weighted by atomic mass is 79.9. The average Bonchev–Trinajstić information content (AvgIpc) is 3.28. The quantitative estimate of drug-likeness (QED) is 0.654. The molecule has 1 aromatic rings. The summed E-state index contributed by atoms with van der Waals surface area (Å²) in [7, 11) is 0. The molecule has 0 heterocycles. The number of hydrogen-bond acceptors (Lipinski definition) is 2. The van der Waals surface area contributed by atoms with Gasteiger partial charge in [-0.25, -0.2) is 0 Å². The topological polar surface area (TPSA) is 15.3 Å².